The molecule has 1 aromatic carbocycles. The first-order valence-corrected chi connectivity index (χ1v) is 9.28. The Kier molecular flexibility index (Phi) is 5.30. The number of nitrogens with zero attached hydrogens (tertiary/aromatic N) is 1. The molecule has 1 aromatic rings. The fourth-order valence-electron chi connectivity index (χ4n) is 3.58. The Bertz CT molecular complexity index is 380. The first-order chi connectivity index (χ1) is 9.93. The minimum Gasteiger partial charge on any atom is -0.313 e. The zero-order chi connectivity index (χ0) is 13.6. The van der Waals surface area contributed by atoms with Gasteiger partial charge in [0.05, 0.1) is 0 Å². The van der Waals surface area contributed by atoms with Crippen LogP contribution in [-0.2, 0) is 0 Å². The average Bonchev–Trinajstić information content (AvgIpc) is 2.55. The number of benzene rings is 1. The lowest BCUT2D eigenvalue weighted by Gasteiger charge is -2.38. The molecule has 1 nitrogen and oxygen atoms in total. The molecule has 2 fully saturated rings. The summed E-state index contributed by atoms with van der Waals surface area (Å²) in [5.74, 6) is 0. The van der Waals surface area contributed by atoms with Gasteiger partial charge in [-0.3, -0.25) is 0 Å². The van der Waals surface area contributed by atoms with Crippen LogP contribution in [-0.4, -0.2) is 11.3 Å². The third-order valence-electron chi connectivity index (χ3n) is 4.73. The number of para-hydroxylation sites is 1. The molecule has 3 rings (SSSR count). The predicted molar refractivity (Wildman–Crippen MR) is 90.3 cm³/mol. The fraction of sp³-hybridized carbons (Fsp3) is 0.667. The van der Waals surface area contributed by atoms with Gasteiger partial charge in [-0.2, -0.15) is 0 Å². The van der Waals surface area contributed by atoms with E-state index in [1.165, 1.54) is 69.9 Å². The zero-order valence-corrected chi connectivity index (χ0v) is 13.3. The van der Waals surface area contributed by atoms with E-state index < -0.39 is 0 Å². The molecule has 0 heterocycles. The van der Waals surface area contributed by atoms with Crippen molar-refractivity contribution in [1.29, 1.82) is 0 Å². The van der Waals surface area contributed by atoms with E-state index >= 15 is 0 Å². The zero-order valence-electron chi connectivity index (χ0n) is 12.5. The summed E-state index contributed by atoms with van der Waals surface area (Å²) in [5, 5.41) is 0.853. The molecule has 0 unspecified atom stereocenters. The molecule has 0 saturated heterocycles. The maximum atomic E-state index is 2.68. The lowest BCUT2D eigenvalue weighted by molar-refractivity contribution is 0.444. The van der Waals surface area contributed by atoms with Gasteiger partial charge >= 0.3 is 0 Å². The topological polar surface area (TPSA) is 3.24 Å². The van der Waals surface area contributed by atoms with Crippen LogP contribution in [0.15, 0.2) is 30.3 Å². The van der Waals surface area contributed by atoms with Gasteiger partial charge in [-0.05, 0) is 49.8 Å². The van der Waals surface area contributed by atoms with Crippen molar-refractivity contribution in [2.45, 2.75) is 75.5 Å². The van der Waals surface area contributed by atoms with Crippen LogP contribution in [0.1, 0.15) is 64.2 Å². The molecule has 0 N–H and O–H groups in total. The normalized spacial score (nSPS) is 21.8. The van der Waals surface area contributed by atoms with E-state index in [2.05, 4.69) is 46.6 Å². The monoisotopic (exact) mass is 289 g/mol. The third kappa shape index (κ3) is 3.72. The maximum absolute atomic E-state index is 2.68. The maximum Gasteiger partial charge on any atom is 0.0473 e. The van der Waals surface area contributed by atoms with Crippen LogP contribution in [0.5, 0.6) is 0 Å². The summed E-state index contributed by atoms with van der Waals surface area (Å²) in [4.78, 5) is 0. The molecular formula is C18H27NS. The van der Waals surface area contributed by atoms with Crippen molar-refractivity contribution in [3.63, 3.8) is 0 Å². The van der Waals surface area contributed by atoms with Gasteiger partial charge in [0, 0.05) is 17.0 Å². The highest BCUT2D eigenvalue weighted by atomic mass is 32.2. The molecule has 0 spiro atoms. The van der Waals surface area contributed by atoms with Crippen molar-refractivity contribution in [3.05, 3.63) is 30.3 Å². The standard InChI is InChI=1S/C18H27NS/c1-4-10-16(11-5-1)19(17-12-6-2-7-13-17)20-18-14-8-3-9-15-18/h1,4-5,10-11,17-18H,2-3,6-9,12-15H2. The van der Waals surface area contributed by atoms with Crippen LogP contribution in [0.3, 0.4) is 0 Å². The van der Waals surface area contributed by atoms with Gasteiger partial charge < -0.3 is 4.31 Å². The molecule has 0 aliphatic heterocycles. The molecular weight excluding hydrogens is 262 g/mol. The number of rotatable bonds is 4. The highest BCUT2D eigenvalue weighted by Gasteiger charge is 2.25. The molecule has 0 radical (unpaired) electrons. The van der Waals surface area contributed by atoms with Gasteiger partial charge in [-0.1, -0.05) is 56.7 Å². The van der Waals surface area contributed by atoms with Crippen LogP contribution in [0, 0.1) is 0 Å². The molecule has 0 amide bonds. The molecule has 0 atom stereocenters. The van der Waals surface area contributed by atoms with Crippen molar-refractivity contribution in [2.24, 2.45) is 0 Å². The Morgan fingerprint density at radius 2 is 1.35 bits per heavy atom. The van der Waals surface area contributed by atoms with Crippen molar-refractivity contribution >= 4 is 17.6 Å². The fourth-order valence-corrected chi connectivity index (χ4v) is 5.07. The molecule has 2 aliphatic carbocycles. The summed E-state index contributed by atoms with van der Waals surface area (Å²) in [6.07, 6.45) is 14.2. The van der Waals surface area contributed by atoms with E-state index in [0.29, 0.717) is 0 Å². The average molecular weight is 289 g/mol. The second-order valence-electron chi connectivity index (χ2n) is 6.32. The third-order valence-corrected chi connectivity index (χ3v) is 6.24. The van der Waals surface area contributed by atoms with Crippen LogP contribution < -0.4 is 4.31 Å². The molecule has 2 saturated carbocycles. The van der Waals surface area contributed by atoms with Gasteiger partial charge in [0.15, 0.2) is 0 Å². The summed E-state index contributed by atoms with van der Waals surface area (Å²) in [7, 11) is 0. The molecule has 20 heavy (non-hydrogen) atoms. The second-order valence-corrected chi connectivity index (χ2v) is 7.59. The Morgan fingerprint density at radius 3 is 2.00 bits per heavy atom. The van der Waals surface area contributed by atoms with Crippen LogP contribution >= 0.6 is 11.9 Å². The summed E-state index contributed by atoms with van der Waals surface area (Å²) in [6.45, 7) is 0. The summed E-state index contributed by atoms with van der Waals surface area (Å²) in [5.41, 5.74) is 1.43. The number of hydrogen-bond donors (Lipinski definition) is 0. The number of anilines is 1. The smallest absolute Gasteiger partial charge is 0.0473 e. The van der Waals surface area contributed by atoms with Gasteiger partial charge in [0.1, 0.15) is 0 Å². The Balaban J connectivity index is 1.72. The van der Waals surface area contributed by atoms with Crippen molar-refractivity contribution in [3.8, 4) is 0 Å². The Hall–Kier alpha value is -0.630. The van der Waals surface area contributed by atoms with E-state index in [9.17, 15) is 0 Å². The van der Waals surface area contributed by atoms with E-state index in [1.54, 1.807) is 0 Å². The second kappa shape index (κ2) is 7.40. The lowest BCUT2D eigenvalue weighted by Crippen LogP contribution is -2.33. The van der Waals surface area contributed by atoms with Crippen molar-refractivity contribution < 1.29 is 0 Å². The summed E-state index contributed by atoms with van der Waals surface area (Å²) in [6, 6.07) is 11.9. The summed E-state index contributed by atoms with van der Waals surface area (Å²) < 4.78 is 2.68. The molecule has 2 heteroatoms. The van der Waals surface area contributed by atoms with Crippen LogP contribution in [0.4, 0.5) is 5.69 Å². The van der Waals surface area contributed by atoms with Crippen molar-refractivity contribution in [1.82, 2.24) is 0 Å². The van der Waals surface area contributed by atoms with Gasteiger partial charge in [0.25, 0.3) is 0 Å². The highest BCUT2D eigenvalue weighted by Crippen LogP contribution is 2.38. The predicted octanol–water partition coefficient (Wildman–Crippen LogP) is 5.81. The molecule has 2 aliphatic rings. The molecule has 0 aromatic heterocycles. The largest absolute Gasteiger partial charge is 0.313 e. The van der Waals surface area contributed by atoms with Gasteiger partial charge in [-0.25, -0.2) is 0 Å². The van der Waals surface area contributed by atoms with Crippen molar-refractivity contribution in [2.75, 3.05) is 4.31 Å². The van der Waals surface area contributed by atoms with Gasteiger partial charge in [-0.15, -0.1) is 0 Å². The SMILES string of the molecule is c1ccc(N(SC2CCCCC2)C2CCCCC2)cc1. The number of hydrogen-bond acceptors (Lipinski definition) is 2. The first-order valence-electron chi connectivity index (χ1n) is 8.44. The first kappa shape index (κ1) is 14.3. The quantitative estimate of drug-likeness (QED) is 0.644. The Morgan fingerprint density at radius 1 is 0.750 bits per heavy atom. The Labute approximate surface area is 128 Å². The minimum atomic E-state index is 0.762. The summed E-state index contributed by atoms with van der Waals surface area (Å²) >= 11 is 2.16. The molecule has 110 valence electrons. The van der Waals surface area contributed by atoms with Crippen LogP contribution in [0.2, 0.25) is 0 Å². The van der Waals surface area contributed by atoms with E-state index in [4.69, 9.17) is 0 Å². The van der Waals surface area contributed by atoms with E-state index in [0.717, 1.165) is 11.3 Å². The minimum absolute atomic E-state index is 0.762. The highest BCUT2D eigenvalue weighted by molar-refractivity contribution is 8.01. The van der Waals surface area contributed by atoms with Gasteiger partial charge in [0.2, 0.25) is 0 Å². The van der Waals surface area contributed by atoms with E-state index in [-0.39, 0.29) is 0 Å². The lowest BCUT2D eigenvalue weighted by atomic mass is 9.95. The molecule has 0 bridgehead atoms. The van der Waals surface area contributed by atoms with Crippen LogP contribution in [0.25, 0.3) is 0 Å². The van der Waals surface area contributed by atoms with E-state index in [1.807, 2.05) is 0 Å².